The van der Waals surface area contributed by atoms with Gasteiger partial charge < -0.3 is 14.2 Å². The number of allylic oxidation sites excluding steroid dienone is 6. The molecule has 0 radical (unpaired) electrons. The molecule has 0 aromatic rings. The summed E-state index contributed by atoms with van der Waals surface area (Å²) in [7, 11) is 0. The van der Waals surface area contributed by atoms with Crippen molar-refractivity contribution in [3.63, 3.8) is 0 Å². The number of unbranched alkanes of at least 4 members (excludes halogenated alkanes) is 40. The van der Waals surface area contributed by atoms with Gasteiger partial charge in [-0.05, 0) is 70.6 Å². The Balaban J connectivity index is 4.34. The second-order valence-corrected chi connectivity index (χ2v) is 20.6. The van der Waals surface area contributed by atoms with E-state index in [1.165, 1.54) is 225 Å². The van der Waals surface area contributed by atoms with Crippen LogP contribution in [0.4, 0.5) is 0 Å². The zero-order valence-corrected chi connectivity index (χ0v) is 46.3. The average Bonchev–Trinajstić information content (AvgIpc) is 3.35. The second kappa shape index (κ2) is 58.2. The molecule has 0 aliphatic carbocycles. The molecule has 0 aromatic heterocycles. The fourth-order valence-electron chi connectivity index (χ4n) is 9.02. The van der Waals surface area contributed by atoms with Gasteiger partial charge in [-0.25, -0.2) is 0 Å². The number of rotatable bonds is 56. The summed E-state index contributed by atoms with van der Waals surface area (Å²) in [5.74, 6) is -0.863. The van der Waals surface area contributed by atoms with Crippen LogP contribution in [0.5, 0.6) is 0 Å². The predicted octanol–water partition coefficient (Wildman–Crippen LogP) is 20.4. The molecule has 69 heavy (non-hydrogen) atoms. The molecule has 6 nitrogen and oxygen atoms in total. The maximum absolute atomic E-state index is 12.9. The van der Waals surface area contributed by atoms with E-state index >= 15 is 0 Å². The van der Waals surface area contributed by atoms with Gasteiger partial charge in [-0.15, -0.1) is 0 Å². The predicted molar refractivity (Wildman–Crippen MR) is 298 cm³/mol. The van der Waals surface area contributed by atoms with Crippen LogP contribution < -0.4 is 0 Å². The molecule has 404 valence electrons. The molecule has 6 heteroatoms. The molecule has 0 saturated carbocycles. The Labute approximate surface area is 429 Å². The van der Waals surface area contributed by atoms with Crippen molar-refractivity contribution < 1.29 is 28.6 Å². The third kappa shape index (κ3) is 56.4. The Kier molecular flexibility index (Phi) is 56.2. The molecule has 0 bridgehead atoms. The lowest BCUT2D eigenvalue weighted by Crippen LogP contribution is -2.30. The van der Waals surface area contributed by atoms with Gasteiger partial charge in [-0.2, -0.15) is 0 Å². The first-order valence-electron chi connectivity index (χ1n) is 30.5. The Morgan fingerprint density at radius 2 is 0.522 bits per heavy atom. The molecule has 0 spiro atoms. The minimum atomic E-state index is -0.775. The minimum absolute atomic E-state index is 0.0723. The van der Waals surface area contributed by atoms with Gasteiger partial charge in [-0.3, -0.25) is 14.4 Å². The molecule has 0 aliphatic heterocycles. The fourth-order valence-corrected chi connectivity index (χ4v) is 9.02. The molecule has 0 rings (SSSR count). The first-order chi connectivity index (χ1) is 34.0. The van der Waals surface area contributed by atoms with Crippen LogP contribution in [0.25, 0.3) is 0 Å². The maximum atomic E-state index is 12.9. The van der Waals surface area contributed by atoms with Gasteiger partial charge in [0.05, 0.1) is 0 Å². The van der Waals surface area contributed by atoms with Gasteiger partial charge >= 0.3 is 17.9 Å². The molecule has 0 N–H and O–H groups in total. The van der Waals surface area contributed by atoms with Gasteiger partial charge in [0.15, 0.2) is 6.10 Å². The summed E-state index contributed by atoms with van der Waals surface area (Å²) in [4.78, 5) is 38.2. The van der Waals surface area contributed by atoms with Crippen LogP contribution in [0, 0.1) is 0 Å². The number of esters is 3. The smallest absolute Gasteiger partial charge is 0.306 e. The Bertz CT molecular complexity index is 1160. The van der Waals surface area contributed by atoms with Crippen molar-refractivity contribution in [2.45, 2.75) is 335 Å². The van der Waals surface area contributed by atoms with E-state index < -0.39 is 6.10 Å². The number of hydrogen-bond donors (Lipinski definition) is 0. The van der Waals surface area contributed by atoms with E-state index in [1.807, 2.05) is 0 Å². The second-order valence-electron chi connectivity index (χ2n) is 20.6. The summed E-state index contributed by atoms with van der Waals surface area (Å²) in [6, 6.07) is 0. The van der Waals surface area contributed by atoms with Crippen LogP contribution in [0.3, 0.4) is 0 Å². The monoisotopic (exact) mass is 969 g/mol. The van der Waals surface area contributed by atoms with Crippen molar-refractivity contribution in [3.05, 3.63) is 36.5 Å². The first-order valence-corrected chi connectivity index (χ1v) is 30.5. The van der Waals surface area contributed by atoms with Crippen LogP contribution in [-0.2, 0) is 28.6 Å². The summed E-state index contributed by atoms with van der Waals surface area (Å²) in [6.07, 6.45) is 69.9. The van der Waals surface area contributed by atoms with Gasteiger partial charge in [0.1, 0.15) is 13.2 Å². The van der Waals surface area contributed by atoms with Crippen molar-refractivity contribution in [1.82, 2.24) is 0 Å². The van der Waals surface area contributed by atoms with Gasteiger partial charge in [0.2, 0.25) is 0 Å². The molecule has 0 fully saturated rings. The van der Waals surface area contributed by atoms with E-state index in [0.717, 1.165) is 64.2 Å². The van der Waals surface area contributed by atoms with Crippen LogP contribution in [0.15, 0.2) is 36.5 Å². The van der Waals surface area contributed by atoms with Crippen molar-refractivity contribution in [2.24, 2.45) is 0 Å². The highest BCUT2D eigenvalue weighted by Gasteiger charge is 2.19. The Morgan fingerprint density at radius 3 is 0.841 bits per heavy atom. The van der Waals surface area contributed by atoms with Crippen molar-refractivity contribution in [1.29, 1.82) is 0 Å². The SMILES string of the molecule is CCCCC/C=C\C=C/CCCCCCCCCCCCC(=O)OCC(COC(=O)CCCCCCCCCCCCCCCCCC)OC(=O)CCCCCCC/C=C\CCCCCCCCC. The van der Waals surface area contributed by atoms with E-state index in [1.54, 1.807) is 0 Å². The fraction of sp³-hybridized carbons (Fsp3) is 0.857. The minimum Gasteiger partial charge on any atom is -0.462 e. The Hall–Kier alpha value is -2.37. The highest BCUT2D eigenvalue weighted by Crippen LogP contribution is 2.17. The van der Waals surface area contributed by atoms with E-state index in [9.17, 15) is 14.4 Å². The molecule has 0 amide bonds. The molecular formula is C63H116O6. The molecule has 1 atom stereocenters. The quantitative estimate of drug-likeness (QED) is 0.0199. The van der Waals surface area contributed by atoms with Gasteiger partial charge in [0.25, 0.3) is 0 Å². The lowest BCUT2D eigenvalue weighted by atomic mass is 10.0. The van der Waals surface area contributed by atoms with Crippen LogP contribution in [-0.4, -0.2) is 37.2 Å². The van der Waals surface area contributed by atoms with Crippen molar-refractivity contribution >= 4 is 17.9 Å². The van der Waals surface area contributed by atoms with Crippen molar-refractivity contribution in [2.75, 3.05) is 13.2 Å². The van der Waals surface area contributed by atoms with E-state index in [2.05, 4.69) is 57.2 Å². The average molecular weight is 970 g/mol. The largest absolute Gasteiger partial charge is 0.462 e. The topological polar surface area (TPSA) is 78.9 Å². The van der Waals surface area contributed by atoms with Crippen molar-refractivity contribution in [3.8, 4) is 0 Å². The lowest BCUT2D eigenvalue weighted by molar-refractivity contribution is -0.167. The number of carbonyl (C=O) groups excluding carboxylic acids is 3. The highest BCUT2D eigenvalue weighted by molar-refractivity contribution is 5.71. The zero-order chi connectivity index (χ0) is 50.0. The number of hydrogen-bond acceptors (Lipinski definition) is 6. The molecule has 0 aliphatic rings. The normalized spacial score (nSPS) is 12.2. The van der Waals surface area contributed by atoms with Gasteiger partial charge in [0, 0.05) is 19.3 Å². The van der Waals surface area contributed by atoms with Crippen LogP contribution in [0.1, 0.15) is 329 Å². The molecule has 0 heterocycles. The molecule has 1 unspecified atom stereocenters. The Morgan fingerprint density at radius 1 is 0.290 bits per heavy atom. The third-order valence-corrected chi connectivity index (χ3v) is 13.6. The molecular weight excluding hydrogens is 853 g/mol. The standard InChI is InChI=1S/C63H116O6/c1-4-7-10-13-16-19-22-25-28-31-32-33-36-38-41-44-47-50-53-56-62(65)68-59-60(69-63(66)57-54-51-48-45-42-39-35-30-27-24-21-18-15-12-9-6-3)58-67-61(64)55-52-49-46-43-40-37-34-29-26-23-20-17-14-11-8-5-2/h16,19,22,25,30,35,60H,4-15,17-18,20-21,23-24,26-29,31-34,36-59H2,1-3H3/b19-16-,25-22-,35-30-. The summed E-state index contributed by atoms with van der Waals surface area (Å²) < 4.78 is 16.9. The summed E-state index contributed by atoms with van der Waals surface area (Å²) in [5.41, 5.74) is 0. The van der Waals surface area contributed by atoms with E-state index in [0.29, 0.717) is 19.3 Å². The molecule has 0 aromatic carbocycles. The number of carbonyl (C=O) groups is 3. The van der Waals surface area contributed by atoms with E-state index in [4.69, 9.17) is 14.2 Å². The van der Waals surface area contributed by atoms with Crippen LogP contribution >= 0.6 is 0 Å². The zero-order valence-electron chi connectivity index (χ0n) is 46.3. The summed E-state index contributed by atoms with van der Waals surface area (Å²) >= 11 is 0. The highest BCUT2D eigenvalue weighted by atomic mass is 16.6. The number of ether oxygens (including phenoxy) is 3. The summed E-state index contributed by atoms with van der Waals surface area (Å²) in [5, 5.41) is 0. The third-order valence-electron chi connectivity index (χ3n) is 13.6. The maximum Gasteiger partial charge on any atom is 0.306 e. The van der Waals surface area contributed by atoms with Gasteiger partial charge in [-0.1, -0.05) is 276 Å². The first kappa shape index (κ1) is 66.6. The molecule has 0 saturated heterocycles. The van der Waals surface area contributed by atoms with Crippen LogP contribution in [0.2, 0.25) is 0 Å². The lowest BCUT2D eigenvalue weighted by Gasteiger charge is -2.18. The van der Waals surface area contributed by atoms with E-state index in [-0.39, 0.29) is 31.1 Å². The summed E-state index contributed by atoms with van der Waals surface area (Å²) in [6.45, 7) is 6.65.